The molecule has 0 amide bonds. The summed E-state index contributed by atoms with van der Waals surface area (Å²) in [5.41, 5.74) is 1.84. The maximum Gasteiger partial charge on any atom is 0.173 e. The third kappa shape index (κ3) is 2.13. The first kappa shape index (κ1) is 11.2. The minimum absolute atomic E-state index is 0.667. The van der Waals surface area contributed by atoms with Crippen molar-refractivity contribution in [1.29, 1.82) is 0 Å². The lowest BCUT2D eigenvalue weighted by atomic mass is 10.1. The minimum atomic E-state index is 0.667. The van der Waals surface area contributed by atoms with Crippen LogP contribution in [0.4, 0.5) is 0 Å². The van der Waals surface area contributed by atoms with Gasteiger partial charge in [-0.1, -0.05) is 41.6 Å². The number of thiophene rings is 1. The van der Waals surface area contributed by atoms with Crippen LogP contribution >= 0.6 is 22.9 Å². The van der Waals surface area contributed by atoms with Crippen LogP contribution in [0.5, 0.6) is 5.06 Å². The molecule has 0 aliphatic carbocycles. The van der Waals surface area contributed by atoms with Gasteiger partial charge in [0.2, 0.25) is 0 Å². The molecule has 0 bridgehead atoms. The predicted octanol–water partition coefficient (Wildman–Crippen LogP) is 4.27. The molecular formula is C13H10ClOS. The molecule has 0 aliphatic rings. The first-order valence-corrected chi connectivity index (χ1v) is 5.91. The van der Waals surface area contributed by atoms with Crippen molar-refractivity contribution < 1.29 is 4.74 Å². The van der Waals surface area contributed by atoms with Crippen LogP contribution in [0.15, 0.2) is 36.9 Å². The van der Waals surface area contributed by atoms with Crippen molar-refractivity contribution in [3.63, 3.8) is 0 Å². The van der Waals surface area contributed by atoms with Crippen LogP contribution in [0.25, 0.3) is 5.57 Å². The molecule has 0 N–H and O–H groups in total. The highest BCUT2D eigenvalue weighted by molar-refractivity contribution is 7.15. The molecule has 81 valence electrons. The summed E-state index contributed by atoms with van der Waals surface area (Å²) in [6.45, 7) is 4.06. The Morgan fingerprint density at radius 3 is 2.88 bits per heavy atom. The van der Waals surface area contributed by atoms with Crippen molar-refractivity contribution in [3.8, 4) is 5.06 Å². The molecule has 16 heavy (non-hydrogen) atoms. The number of hydrogen-bond acceptors (Lipinski definition) is 2. The number of benzene rings is 1. The minimum Gasteiger partial charge on any atom is -0.487 e. The molecule has 0 atom stereocenters. The van der Waals surface area contributed by atoms with Crippen molar-refractivity contribution >= 4 is 28.5 Å². The van der Waals surface area contributed by atoms with Crippen LogP contribution in [-0.2, 0) is 0 Å². The van der Waals surface area contributed by atoms with Gasteiger partial charge in [-0.2, -0.15) is 0 Å². The summed E-state index contributed by atoms with van der Waals surface area (Å²) in [7, 11) is 1.66. The second kappa shape index (κ2) is 4.73. The lowest BCUT2D eigenvalue weighted by Gasteiger charge is -2.04. The smallest absolute Gasteiger partial charge is 0.173 e. The van der Waals surface area contributed by atoms with E-state index in [1.165, 1.54) is 0 Å². The predicted molar refractivity (Wildman–Crippen MR) is 69.3 cm³/mol. The Morgan fingerprint density at radius 1 is 1.44 bits per heavy atom. The molecule has 0 unspecified atom stereocenters. The monoisotopic (exact) mass is 249 g/mol. The lowest BCUT2D eigenvalue weighted by molar-refractivity contribution is 0.427. The van der Waals surface area contributed by atoms with Crippen molar-refractivity contribution in [2.45, 2.75) is 0 Å². The molecule has 1 aromatic heterocycles. The summed E-state index contributed by atoms with van der Waals surface area (Å²) in [5, 5.41) is 1.54. The molecular weight excluding hydrogens is 240 g/mol. The van der Waals surface area contributed by atoms with Gasteiger partial charge in [-0.25, -0.2) is 0 Å². The molecule has 1 aromatic carbocycles. The molecule has 2 aromatic rings. The number of rotatable bonds is 3. The van der Waals surface area contributed by atoms with Crippen LogP contribution in [0.2, 0.25) is 5.02 Å². The Balaban J connectivity index is 2.35. The average molecular weight is 250 g/mol. The van der Waals surface area contributed by atoms with Gasteiger partial charge in [-0.05, 0) is 29.8 Å². The first-order valence-electron chi connectivity index (χ1n) is 4.71. The fourth-order valence-corrected chi connectivity index (χ4v) is 2.43. The fourth-order valence-electron chi connectivity index (χ4n) is 1.38. The highest BCUT2D eigenvalue weighted by Gasteiger charge is 2.08. The quantitative estimate of drug-likeness (QED) is 0.789. The van der Waals surface area contributed by atoms with E-state index < -0.39 is 0 Å². The molecule has 0 saturated carbocycles. The first-order chi connectivity index (χ1) is 7.72. The van der Waals surface area contributed by atoms with Gasteiger partial charge in [-0.15, -0.1) is 0 Å². The van der Waals surface area contributed by atoms with E-state index in [0.717, 1.165) is 21.1 Å². The van der Waals surface area contributed by atoms with Crippen LogP contribution in [0.3, 0.4) is 0 Å². The van der Waals surface area contributed by atoms with E-state index >= 15 is 0 Å². The van der Waals surface area contributed by atoms with E-state index in [-0.39, 0.29) is 0 Å². The van der Waals surface area contributed by atoms with Gasteiger partial charge in [0.15, 0.2) is 5.06 Å². The zero-order chi connectivity index (χ0) is 11.5. The number of hydrogen-bond donors (Lipinski definition) is 0. The molecule has 1 nitrogen and oxygen atoms in total. The van der Waals surface area contributed by atoms with Gasteiger partial charge in [0.25, 0.3) is 0 Å². The van der Waals surface area contributed by atoms with Crippen LogP contribution in [0.1, 0.15) is 10.4 Å². The van der Waals surface area contributed by atoms with Crippen LogP contribution < -0.4 is 4.74 Å². The maximum atomic E-state index is 6.09. The average Bonchev–Trinajstić information content (AvgIpc) is 2.77. The van der Waals surface area contributed by atoms with Crippen molar-refractivity contribution in [2.75, 3.05) is 7.11 Å². The van der Waals surface area contributed by atoms with Crippen LogP contribution in [-0.4, -0.2) is 7.11 Å². The zero-order valence-electron chi connectivity index (χ0n) is 8.79. The third-order valence-corrected chi connectivity index (χ3v) is 3.64. The molecule has 2 rings (SSSR count). The van der Waals surface area contributed by atoms with E-state index in [2.05, 4.69) is 12.6 Å². The molecule has 0 saturated heterocycles. The van der Waals surface area contributed by atoms with Crippen molar-refractivity contribution in [3.05, 3.63) is 58.4 Å². The summed E-state index contributed by atoms with van der Waals surface area (Å²) in [4.78, 5) is 1.06. The Kier molecular flexibility index (Phi) is 3.32. The summed E-state index contributed by atoms with van der Waals surface area (Å²) in [6.07, 6.45) is 0. The number of ether oxygens (including phenoxy) is 1. The summed E-state index contributed by atoms with van der Waals surface area (Å²) in [5.74, 6) is 0. The van der Waals surface area contributed by atoms with E-state index in [0.29, 0.717) is 5.02 Å². The molecule has 0 spiro atoms. The third-order valence-electron chi connectivity index (χ3n) is 2.22. The number of halogens is 1. The van der Waals surface area contributed by atoms with Crippen molar-refractivity contribution in [2.24, 2.45) is 0 Å². The van der Waals surface area contributed by atoms with Gasteiger partial charge in [0, 0.05) is 15.5 Å². The van der Waals surface area contributed by atoms with Gasteiger partial charge in [-0.3, -0.25) is 0 Å². The largest absolute Gasteiger partial charge is 0.487 e. The second-order valence-corrected chi connectivity index (χ2v) is 4.66. The molecule has 1 radical (unpaired) electrons. The number of methoxy groups -OCH3 is 1. The molecule has 0 aliphatic heterocycles. The Labute approximate surface area is 104 Å². The maximum absolute atomic E-state index is 6.09. The highest BCUT2D eigenvalue weighted by Crippen LogP contribution is 2.34. The van der Waals surface area contributed by atoms with Gasteiger partial charge in [0.05, 0.1) is 7.11 Å². The Morgan fingerprint density at radius 2 is 2.25 bits per heavy atom. The topological polar surface area (TPSA) is 9.23 Å². The molecule has 0 fully saturated rings. The van der Waals surface area contributed by atoms with E-state index in [1.54, 1.807) is 24.5 Å². The van der Waals surface area contributed by atoms with Crippen LogP contribution in [0, 0.1) is 6.07 Å². The second-order valence-electron chi connectivity index (χ2n) is 3.21. The lowest BCUT2D eigenvalue weighted by Crippen LogP contribution is -1.83. The summed E-state index contributed by atoms with van der Waals surface area (Å²) in [6, 6.07) is 12.3. The summed E-state index contributed by atoms with van der Waals surface area (Å²) >= 11 is 7.64. The molecule has 1 heterocycles. The van der Waals surface area contributed by atoms with E-state index in [4.69, 9.17) is 16.3 Å². The standard InChI is InChI=1S/C13H10ClOS/c1-9(10-5-3-4-6-11(10)14)12-7-8-13(15-2)16-12/h3,5-8H,1H2,2H3. The normalized spacial score (nSPS) is 10.1. The van der Waals surface area contributed by atoms with Gasteiger partial charge < -0.3 is 4.74 Å². The highest BCUT2D eigenvalue weighted by atomic mass is 35.5. The Hall–Kier alpha value is -1.25. The SMILES string of the molecule is C=C(c1ccc(OC)s1)c1cc[c]cc1Cl. The Bertz CT molecular complexity index is 516. The van der Waals surface area contributed by atoms with Gasteiger partial charge >= 0.3 is 0 Å². The van der Waals surface area contributed by atoms with Gasteiger partial charge in [0.1, 0.15) is 0 Å². The molecule has 3 heteroatoms. The van der Waals surface area contributed by atoms with Crippen molar-refractivity contribution in [1.82, 2.24) is 0 Å². The van der Waals surface area contributed by atoms with E-state index in [1.807, 2.05) is 24.3 Å². The van der Waals surface area contributed by atoms with E-state index in [9.17, 15) is 0 Å². The summed E-state index contributed by atoms with van der Waals surface area (Å²) < 4.78 is 5.15. The zero-order valence-corrected chi connectivity index (χ0v) is 10.4. The fraction of sp³-hybridized carbons (Fsp3) is 0.0769.